The number of hydrogen-bond donors (Lipinski definition) is 1. The maximum Gasteiger partial charge on any atom is 0.119 e. The Labute approximate surface area is 105 Å². The predicted molar refractivity (Wildman–Crippen MR) is 68.7 cm³/mol. The molecule has 0 fully saturated rings. The highest BCUT2D eigenvalue weighted by Gasteiger charge is 2.16. The normalized spacial score (nSPS) is 14.7. The van der Waals surface area contributed by atoms with Crippen LogP contribution in [0.2, 0.25) is 5.02 Å². The van der Waals surface area contributed by atoms with Crippen LogP contribution in [-0.4, -0.2) is 18.6 Å². The van der Waals surface area contributed by atoms with Gasteiger partial charge in [0.2, 0.25) is 0 Å². The predicted octanol–water partition coefficient (Wildman–Crippen LogP) is 2.54. The number of halogens is 1. The molecule has 0 bridgehead atoms. The van der Waals surface area contributed by atoms with Gasteiger partial charge < -0.3 is 10.1 Å². The summed E-state index contributed by atoms with van der Waals surface area (Å²) in [6.07, 6.45) is 0.941. The number of benzene rings is 1. The van der Waals surface area contributed by atoms with Gasteiger partial charge in [-0.3, -0.25) is 4.98 Å². The van der Waals surface area contributed by atoms with Crippen molar-refractivity contribution in [3.8, 4) is 5.75 Å². The Morgan fingerprint density at radius 2 is 2.29 bits per heavy atom. The van der Waals surface area contributed by atoms with E-state index < -0.39 is 0 Å². The van der Waals surface area contributed by atoms with E-state index in [0.29, 0.717) is 0 Å². The van der Waals surface area contributed by atoms with Gasteiger partial charge >= 0.3 is 0 Å². The minimum Gasteiger partial charge on any atom is -0.497 e. The van der Waals surface area contributed by atoms with Crippen LogP contribution in [0.5, 0.6) is 5.75 Å². The molecule has 17 heavy (non-hydrogen) atoms. The van der Waals surface area contributed by atoms with Crippen LogP contribution in [0.4, 0.5) is 0 Å². The van der Waals surface area contributed by atoms with E-state index in [9.17, 15) is 0 Å². The topological polar surface area (TPSA) is 34.1 Å². The van der Waals surface area contributed by atoms with Crippen molar-refractivity contribution in [2.75, 3.05) is 13.7 Å². The van der Waals surface area contributed by atoms with E-state index in [4.69, 9.17) is 16.3 Å². The van der Waals surface area contributed by atoms with Crippen LogP contribution in [0.15, 0.2) is 18.2 Å². The highest BCUT2D eigenvalue weighted by molar-refractivity contribution is 6.36. The summed E-state index contributed by atoms with van der Waals surface area (Å²) >= 11 is 6.45. The zero-order valence-electron chi connectivity index (χ0n) is 9.59. The molecule has 1 aromatic heterocycles. The number of aromatic nitrogens is 1. The second-order valence-electron chi connectivity index (χ2n) is 4.16. The van der Waals surface area contributed by atoms with Gasteiger partial charge in [0.15, 0.2) is 0 Å². The molecule has 0 amide bonds. The maximum absolute atomic E-state index is 6.45. The summed E-state index contributed by atoms with van der Waals surface area (Å²) in [5.74, 6) is 0.810. The summed E-state index contributed by atoms with van der Waals surface area (Å²) in [5, 5.41) is 5.09. The quantitative estimate of drug-likeness (QED) is 0.842. The van der Waals surface area contributed by atoms with Crippen LogP contribution >= 0.6 is 11.6 Å². The first-order valence-electron chi connectivity index (χ1n) is 5.65. The molecule has 2 aromatic rings. The Bertz CT molecular complexity index is 583. The van der Waals surface area contributed by atoms with Crippen molar-refractivity contribution < 1.29 is 4.74 Å². The average Bonchev–Trinajstić information content (AvgIpc) is 2.39. The lowest BCUT2D eigenvalue weighted by Gasteiger charge is -2.19. The Balaban J connectivity index is 2.28. The minimum atomic E-state index is 0.800. The van der Waals surface area contributed by atoms with E-state index in [-0.39, 0.29) is 0 Å². The first kappa shape index (κ1) is 10.8. The third kappa shape index (κ3) is 1.75. The zero-order valence-corrected chi connectivity index (χ0v) is 10.3. The van der Waals surface area contributed by atoms with Crippen LogP contribution in [0, 0.1) is 0 Å². The van der Waals surface area contributed by atoms with Gasteiger partial charge in [0, 0.05) is 36.2 Å². The molecule has 88 valence electrons. The molecule has 3 nitrogen and oxygen atoms in total. The van der Waals surface area contributed by atoms with Crippen LogP contribution in [0.3, 0.4) is 0 Å². The Morgan fingerprint density at radius 3 is 3.12 bits per heavy atom. The third-order valence-electron chi connectivity index (χ3n) is 3.15. The SMILES string of the molecule is COc1ccc2nc3c(c(Cl)c2c1)CNCC3. The van der Waals surface area contributed by atoms with E-state index in [2.05, 4.69) is 10.3 Å². The average molecular weight is 249 g/mol. The minimum absolute atomic E-state index is 0.800. The largest absolute Gasteiger partial charge is 0.497 e. The molecule has 1 aliphatic heterocycles. The van der Waals surface area contributed by atoms with Gasteiger partial charge in [-0.2, -0.15) is 0 Å². The zero-order chi connectivity index (χ0) is 11.8. The molecular formula is C13H13ClN2O. The monoisotopic (exact) mass is 248 g/mol. The molecule has 0 unspecified atom stereocenters. The molecule has 0 spiro atoms. The van der Waals surface area contributed by atoms with E-state index in [1.165, 1.54) is 0 Å². The molecule has 0 radical (unpaired) electrons. The van der Waals surface area contributed by atoms with Gasteiger partial charge in [-0.05, 0) is 18.2 Å². The summed E-state index contributed by atoms with van der Waals surface area (Å²) in [5.41, 5.74) is 3.18. The lowest BCUT2D eigenvalue weighted by Crippen LogP contribution is -2.24. The number of rotatable bonds is 1. The molecule has 0 saturated heterocycles. The van der Waals surface area contributed by atoms with E-state index in [1.54, 1.807) is 7.11 Å². The smallest absolute Gasteiger partial charge is 0.119 e. The van der Waals surface area contributed by atoms with Gasteiger partial charge in [0.25, 0.3) is 0 Å². The number of ether oxygens (including phenoxy) is 1. The standard InChI is InChI=1S/C13H13ClN2O/c1-17-8-2-3-11-9(6-8)13(14)10-7-15-5-4-12(10)16-11/h2-3,6,15H,4-5,7H2,1H3. The molecule has 3 rings (SSSR count). The van der Waals surface area contributed by atoms with Crippen molar-refractivity contribution in [3.63, 3.8) is 0 Å². The van der Waals surface area contributed by atoms with Crippen molar-refractivity contribution in [1.29, 1.82) is 0 Å². The lowest BCUT2D eigenvalue weighted by molar-refractivity contribution is 0.415. The number of nitrogens with one attached hydrogen (secondary N) is 1. The first-order valence-corrected chi connectivity index (χ1v) is 6.03. The molecule has 4 heteroatoms. The van der Waals surface area contributed by atoms with Gasteiger partial charge in [-0.25, -0.2) is 0 Å². The fourth-order valence-electron chi connectivity index (χ4n) is 2.22. The maximum atomic E-state index is 6.45. The number of nitrogens with zero attached hydrogens (tertiary/aromatic N) is 1. The van der Waals surface area contributed by atoms with Gasteiger partial charge in [0.1, 0.15) is 5.75 Å². The number of methoxy groups -OCH3 is 1. The van der Waals surface area contributed by atoms with Gasteiger partial charge in [-0.1, -0.05) is 11.6 Å². The van der Waals surface area contributed by atoms with E-state index in [0.717, 1.165) is 52.4 Å². The van der Waals surface area contributed by atoms with Crippen molar-refractivity contribution in [3.05, 3.63) is 34.5 Å². The van der Waals surface area contributed by atoms with Crippen molar-refractivity contribution in [2.24, 2.45) is 0 Å². The second kappa shape index (κ2) is 4.17. The van der Waals surface area contributed by atoms with E-state index >= 15 is 0 Å². The van der Waals surface area contributed by atoms with Crippen molar-refractivity contribution in [2.45, 2.75) is 13.0 Å². The molecule has 0 saturated carbocycles. The van der Waals surface area contributed by atoms with Crippen LogP contribution in [-0.2, 0) is 13.0 Å². The molecule has 1 aliphatic rings. The molecule has 0 atom stereocenters. The Hall–Kier alpha value is -1.32. The Morgan fingerprint density at radius 1 is 1.41 bits per heavy atom. The van der Waals surface area contributed by atoms with Crippen molar-refractivity contribution >= 4 is 22.5 Å². The van der Waals surface area contributed by atoms with Gasteiger partial charge in [0.05, 0.1) is 17.6 Å². The van der Waals surface area contributed by atoms with Crippen LogP contribution in [0.1, 0.15) is 11.3 Å². The second-order valence-corrected chi connectivity index (χ2v) is 4.54. The molecular weight excluding hydrogens is 236 g/mol. The fourth-order valence-corrected chi connectivity index (χ4v) is 2.55. The summed E-state index contributed by atoms with van der Waals surface area (Å²) in [4.78, 5) is 4.67. The third-order valence-corrected chi connectivity index (χ3v) is 3.58. The number of hydrogen-bond acceptors (Lipinski definition) is 3. The fraction of sp³-hybridized carbons (Fsp3) is 0.308. The summed E-state index contributed by atoms with van der Waals surface area (Å²) in [7, 11) is 1.66. The lowest BCUT2D eigenvalue weighted by atomic mass is 10.0. The highest BCUT2D eigenvalue weighted by Crippen LogP contribution is 2.32. The highest BCUT2D eigenvalue weighted by atomic mass is 35.5. The molecule has 0 aliphatic carbocycles. The van der Waals surface area contributed by atoms with E-state index in [1.807, 2.05) is 18.2 Å². The summed E-state index contributed by atoms with van der Waals surface area (Å²) in [6, 6.07) is 5.82. The van der Waals surface area contributed by atoms with Crippen molar-refractivity contribution in [1.82, 2.24) is 10.3 Å². The molecule has 2 heterocycles. The Kier molecular flexibility index (Phi) is 2.65. The summed E-state index contributed by atoms with van der Waals surface area (Å²) < 4.78 is 5.22. The van der Waals surface area contributed by atoms with Gasteiger partial charge in [-0.15, -0.1) is 0 Å². The number of pyridine rings is 1. The van der Waals surface area contributed by atoms with Crippen LogP contribution < -0.4 is 10.1 Å². The van der Waals surface area contributed by atoms with Crippen LogP contribution in [0.25, 0.3) is 10.9 Å². The molecule has 1 aromatic carbocycles. The summed E-state index contributed by atoms with van der Waals surface area (Å²) in [6.45, 7) is 1.77. The first-order chi connectivity index (χ1) is 8.29. The molecule has 1 N–H and O–H groups in total. The number of fused-ring (bicyclic) bond motifs is 2.